The van der Waals surface area contributed by atoms with Crippen molar-refractivity contribution in [3.63, 3.8) is 0 Å². The summed E-state index contributed by atoms with van der Waals surface area (Å²) >= 11 is -4.83. The largest absolute Gasteiger partial charge is 4.00 e. The van der Waals surface area contributed by atoms with Gasteiger partial charge in [-0.15, -0.1) is 6.42 Å². The zero-order valence-electron chi connectivity index (χ0n) is 11.7. The molecule has 0 spiro atoms. The molecule has 3 nitrogen and oxygen atoms in total. The molecule has 0 aromatic rings. The van der Waals surface area contributed by atoms with Crippen molar-refractivity contribution in [1.29, 1.82) is 0 Å². The molecule has 19 heavy (non-hydrogen) atoms. The first kappa shape index (κ1) is 31.8. The molecule has 1 radical (unpaired) electrons. The van der Waals surface area contributed by atoms with Gasteiger partial charge in [-0.25, -0.2) is 12.2 Å². The summed E-state index contributed by atoms with van der Waals surface area (Å²) in [5.41, 5.74) is 18.6. The minimum absolute atomic E-state index is 0. The van der Waals surface area contributed by atoms with Crippen LogP contribution in [0.5, 0.6) is 0 Å². The normalized spacial score (nSPS) is 9.37. The Bertz CT molecular complexity index is 145. The van der Waals surface area contributed by atoms with Gasteiger partial charge in [-0.3, -0.25) is 6.08 Å². The number of hydrogen-bond donors (Lipinski definition) is 0. The molecule has 0 aromatic heterocycles. The van der Waals surface area contributed by atoms with E-state index in [0.717, 1.165) is 6.42 Å². The van der Waals surface area contributed by atoms with Crippen LogP contribution in [0, 0.1) is 6.08 Å². The molecule has 0 unspecified atom stereocenters. The zero-order valence-corrected chi connectivity index (χ0v) is 16.3. The van der Waals surface area contributed by atoms with Crippen LogP contribution in [0.15, 0.2) is 18.2 Å². The monoisotopic (exact) mass is 418 g/mol. The SMILES string of the molecule is CC[NH-].CC[NH-].CC[NH-].[C-]1=CC=CC1.[F][Ge]([F])[F].[Zr+4]. The smallest absolute Gasteiger partial charge is 4.00 e. The quantitative estimate of drug-likeness (QED) is 0.376. The van der Waals surface area contributed by atoms with Crippen LogP contribution in [0.2, 0.25) is 0 Å². The molecular formula is C11H23F3GeN3Zr. The van der Waals surface area contributed by atoms with Gasteiger partial charge in [0.2, 0.25) is 0 Å². The Balaban J connectivity index is -0.0000000435. The number of allylic oxidation sites excluding steroid dienone is 4. The Kier molecular flexibility index (Phi) is 71.7. The summed E-state index contributed by atoms with van der Waals surface area (Å²) in [6.45, 7) is 6.88. The molecule has 1 aliphatic rings. The van der Waals surface area contributed by atoms with Crippen LogP contribution in [-0.2, 0) is 26.2 Å². The number of hydrogen-bond acceptors (Lipinski definition) is 0. The van der Waals surface area contributed by atoms with E-state index in [2.05, 4.69) is 12.2 Å². The molecule has 111 valence electrons. The Hall–Kier alpha value is 0.576. The number of rotatable bonds is 0. The molecule has 8 heteroatoms. The Morgan fingerprint density at radius 3 is 1.32 bits per heavy atom. The van der Waals surface area contributed by atoms with Crippen molar-refractivity contribution in [1.82, 2.24) is 0 Å². The van der Waals surface area contributed by atoms with E-state index in [-0.39, 0.29) is 26.2 Å². The van der Waals surface area contributed by atoms with Crippen molar-refractivity contribution in [2.75, 3.05) is 19.6 Å². The minimum atomic E-state index is -4.83. The Morgan fingerprint density at radius 1 is 1.00 bits per heavy atom. The van der Waals surface area contributed by atoms with E-state index in [9.17, 15) is 10.5 Å². The summed E-state index contributed by atoms with van der Waals surface area (Å²) in [5.74, 6) is 0. The van der Waals surface area contributed by atoms with Crippen molar-refractivity contribution >= 4 is 15.7 Å². The summed E-state index contributed by atoms with van der Waals surface area (Å²) in [5, 5.41) is 0. The van der Waals surface area contributed by atoms with Crippen LogP contribution in [0.3, 0.4) is 0 Å². The van der Waals surface area contributed by atoms with Crippen LogP contribution in [0.1, 0.15) is 27.2 Å². The van der Waals surface area contributed by atoms with Crippen molar-refractivity contribution in [2.24, 2.45) is 0 Å². The second-order valence-electron chi connectivity index (χ2n) is 2.28. The fourth-order valence-electron chi connectivity index (χ4n) is 0.340. The standard InChI is InChI=1S/C5H5.3C2H6N.F3Ge.Zr/c1-2-4-5-3-1;3*1-2-3;1-4(2)3;/h1-3H,4H2;3*3H,2H2,1H3;;/q4*-1;;+4. The molecule has 0 aliphatic heterocycles. The van der Waals surface area contributed by atoms with Gasteiger partial charge < -0.3 is 17.2 Å². The second-order valence-corrected chi connectivity index (χ2v) is 3.18. The fourth-order valence-corrected chi connectivity index (χ4v) is 0.340. The minimum Gasteiger partial charge on any atom is 4.00 e. The average Bonchev–Trinajstić information content (AvgIpc) is 2.76. The maximum atomic E-state index is 9.83. The topological polar surface area (TPSA) is 71.4 Å². The van der Waals surface area contributed by atoms with E-state index in [0.29, 0.717) is 19.6 Å². The summed E-state index contributed by atoms with van der Waals surface area (Å²) in [4.78, 5) is 0. The van der Waals surface area contributed by atoms with Crippen LogP contribution < -0.4 is 0 Å². The molecular weight excluding hydrogens is 395 g/mol. The third kappa shape index (κ3) is 164. The molecule has 0 heterocycles. The molecule has 1 rings (SSSR count). The van der Waals surface area contributed by atoms with Crippen molar-refractivity contribution in [3.8, 4) is 0 Å². The fraction of sp³-hybridized carbons (Fsp3) is 0.636. The third-order valence-electron chi connectivity index (χ3n) is 0.586. The van der Waals surface area contributed by atoms with Crippen LogP contribution in [-0.4, -0.2) is 35.4 Å². The summed E-state index contributed by atoms with van der Waals surface area (Å²) < 4.78 is 29.5. The summed E-state index contributed by atoms with van der Waals surface area (Å²) in [6.07, 6.45) is 10.0. The number of halogens is 3. The first-order valence-corrected chi connectivity index (χ1v) is 7.85. The predicted molar refractivity (Wildman–Crippen MR) is 75.2 cm³/mol. The molecule has 0 saturated carbocycles. The maximum absolute atomic E-state index is 9.83. The molecule has 0 aromatic carbocycles. The summed E-state index contributed by atoms with van der Waals surface area (Å²) in [6, 6.07) is 0. The van der Waals surface area contributed by atoms with Gasteiger partial charge in [0.15, 0.2) is 0 Å². The Labute approximate surface area is 140 Å². The van der Waals surface area contributed by atoms with Crippen molar-refractivity contribution < 1.29 is 36.7 Å². The van der Waals surface area contributed by atoms with Gasteiger partial charge >= 0.3 is 52.4 Å². The van der Waals surface area contributed by atoms with E-state index in [4.69, 9.17) is 17.2 Å². The number of nitrogens with one attached hydrogen (secondary N) is 3. The van der Waals surface area contributed by atoms with Gasteiger partial charge in [0.25, 0.3) is 0 Å². The van der Waals surface area contributed by atoms with Gasteiger partial charge in [0, 0.05) is 0 Å². The molecule has 1 aliphatic carbocycles. The van der Waals surface area contributed by atoms with E-state index < -0.39 is 15.7 Å². The Morgan fingerprint density at radius 2 is 1.26 bits per heavy atom. The maximum Gasteiger partial charge on any atom is 4.00 e. The second kappa shape index (κ2) is 42.8. The van der Waals surface area contributed by atoms with E-state index in [1.165, 1.54) is 0 Å². The first-order valence-electron chi connectivity index (χ1n) is 5.47. The molecule has 0 atom stereocenters. The van der Waals surface area contributed by atoms with Gasteiger partial charge in [-0.1, -0.05) is 20.8 Å². The van der Waals surface area contributed by atoms with Crippen LogP contribution in [0.4, 0.5) is 10.5 Å². The zero-order chi connectivity index (χ0) is 15.2. The average molecular weight is 418 g/mol. The molecule has 0 saturated heterocycles. The van der Waals surface area contributed by atoms with Gasteiger partial charge in [0.05, 0.1) is 0 Å². The van der Waals surface area contributed by atoms with E-state index in [1.54, 1.807) is 20.8 Å². The van der Waals surface area contributed by atoms with Crippen LogP contribution in [0.25, 0.3) is 17.2 Å². The van der Waals surface area contributed by atoms with Crippen molar-refractivity contribution in [3.05, 3.63) is 41.5 Å². The van der Waals surface area contributed by atoms with E-state index in [1.807, 2.05) is 12.2 Å². The predicted octanol–water partition coefficient (Wildman–Crippen LogP) is 5.36. The summed E-state index contributed by atoms with van der Waals surface area (Å²) in [7, 11) is 0. The van der Waals surface area contributed by atoms with Crippen molar-refractivity contribution in [2.45, 2.75) is 27.2 Å². The first-order chi connectivity index (χ1) is 8.47. The van der Waals surface area contributed by atoms with E-state index >= 15 is 0 Å². The van der Waals surface area contributed by atoms with Gasteiger partial charge in [-0.2, -0.15) is 25.7 Å². The molecule has 0 fully saturated rings. The molecule has 0 amide bonds. The van der Waals surface area contributed by atoms with Crippen LogP contribution >= 0.6 is 0 Å². The van der Waals surface area contributed by atoms with Gasteiger partial charge in [-0.05, 0) is 0 Å². The third-order valence-corrected chi connectivity index (χ3v) is 0.586. The molecule has 3 N–H and O–H groups in total. The van der Waals surface area contributed by atoms with Gasteiger partial charge in [0.1, 0.15) is 0 Å². The molecule has 0 bridgehead atoms.